The van der Waals surface area contributed by atoms with E-state index in [0.29, 0.717) is 0 Å². The molecule has 0 radical (unpaired) electrons. The molecule has 0 aliphatic heterocycles. The Morgan fingerprint density at radius 1 is 1.18 bits per heavy atom. The van der Waals surface area contributed by atoms with Crippen LogP contribution >= 0.6 is 15.9 Å². The van der Waals surface area contributed by atoms with E-state index in [-0.39, 0.29) is 6.47 Å². The van der Waals surface area contributed by atoms with Crippen LogP contribution in [0.5, 0.6) is 5.75 Å². The van der Waals surface area contributed by atoms with Crippen molar-refractivity contribution in [1.29, 1.82) is 0 Å². The number of hydrogen-bond donors (Lipinski definition) is 1. The van der Waals surface area contributed by atoms with Crippen molar-refractivity contribution in [3.05, 3.63) is 28.7 Å². The lowest BCUT2D eigenvalue weighted by Crippen LogP contribution is -1.89. The first-order valence-electron chi connectivity index (χ1n) is 5.70. The Kier molecular flexibility index (Phi) is 25.5. The number of benzene rings is 1. The van der Waals surface area contributed by atoms with Crippen LogP contribution in [0.15, 0.2) is 28.7 Å². The van der Waals surface area contributed by atoms with Crippen molar-refractivity contribution in [2.24, 2.45) is 0 Å². The van der Waals surface area contributed by atoms with Crippen LogP contribution in [0.4, 0.5) is 0 Å². The molecule has 0 saturated heterocycles. The Bertz CT molecular complexity index is 235. The summed E-state index contributed by atoms with van der Waals surface area (Å²) in [5, 5.41) is 6.89. The van der Waals surface area contributed by atoms with Crippen LogP contribution in [0.25, 0.3) is 0 Å². The SMILES string of the molecule is CC.CC.CCOc1ccc(Br)cc1.O=CO. The second-order valence-electron chi connectivity index (χ2n) is 1.99. The van der Waals surface area contributed by atoms with Gasteiger partial charge in [-0.2, -0.15) is 0 Å². The van der Waals surface area contributed by atoms with Crippen molar-refractivity contribution in [3.63, 3.8) is 0 Å². The third-order valence-electron chi connectivity index (χ3n) is 1.12. The first-order chi connectivity index (χ1) is 8.24. The number of hydrogen-bond acceptors (Lipinski definition) is 2. The average Bonchev–Trinajstić information content (AvgIpc) is 2.38. The molecule has 1 aromatic carbocycles. The molecule has 0 aromatic heterocycles. The van der Waals surface area contributed by atoms with Gasteiger partial charge in [0.15, 0.2) is 0 Å². The summed E-state index contributed by atoms with van der Waals surface area (Å²) in [6, 6.07) is 7.80. The Hall–Kier alpha value is -1.03. The van der Waals surface area contributed by atoms with Crippen LogP contribution < -0.4 is 4.74 Å². The van der Waals surface area contributed by atoms with Gasteiger partial charge in [0.1, 0.15) is 5.75 Å². The maximum Gasteiger partial charge on any atom is 0.290 e. The zero-order valence-corrected chi connectivity index (χ0v) is 12.8. The Labute approximate surface area is 113 Å². The van der Waals surface area contributed by atoms with E-state index < -0.39 is 0 Å². The Morgan fingerprint density at radius 3 is 1.82 bits per heavy atom. The van der Waals surface area contributed by atoms with Crippen LogP contribution in [-0.4, -0.2) is 18.2 Å². The number of rotatable bonds is 2. The van der Waals surface area contributed by atoms with Gasteiger partial charge in [-0.3, -0.25) is 4.79 Å². The molecule has 0 unspecified atom stereocenters. The monoisotopic (exact) mass is 306 g/mol. The molecule has 1 N–H and O–H groups in total. The van der Waals surface area contributed by atoms with Crippen LogP contribution in [0.3, 0.4) is 0 Å². The highest BCUT2D eigenvalue weighted by Gasteiger charge is 1.88. The number of ether oxygens (including phenoxy) is 1. The fraction of sp³-hybridized carbons (Fsp3) is 0.462. The summed E-state index contributed by atoms with van der Waals surface area (Å²) >= 11 is 3.34. The van der Waals surface area contributed by atoms with Crippen LogP contribution in [0.1, 0.15) is 34.6 Å². The molecular weight excluding hydrogens is 284 g/mol. The first-order valence-corrected chi connectivity index (χ1v) is 6.50. The molecule has 17 heavy (non-hydrogen) atoms. The predicted molar refractivity (Wildman–Crippen MR) is 76.7 cm³/mol. The second-order valence-corrected chi connectivity index (χ2v) is 2.91. The van der Waals surface area contributed by atoms with Crippen LogP contribution in [-0.2, 0) is 4.79 Å². The van der Waals surface area contributed by atoms with E-state index in [0.717, 1.165) is 16.8 Å². The molecule has 0 amide bonds. The lowest BCUT2D eigenvalue weighted by molar-refractivity contribution is -0.122. The Morgan fingerprint density at radius 2 is 1.53 bits per heavy atom. The molecule has 0 heterocycles. The van der Waals surface area contributed by atoms with Crippen molar-refractivity contribution in [2.45, 2.75) is 34.6 Å². The predicted octanol–water partition coefficient (Wildman–Crippen LogP) is 4.60. The van der Waals surface area contributed by atoms with Gasteiger partial charge in [-0.15, -0.1) is 0 Å². The van der Waals surface area contributed by atoms with Gasteiger partial charge in [0.25, 0.3) is 6.47 Å². The standard InChI is InChI=1S/C8H9BrO.2C2H6.CH2O2/c1-2-10-8-5-3-7(9)4-6-8;2*1-2;2-1-3/h3-6H,2H2,1H3;2*1-2H3;1H,(H,2,3). The van der Waals surface area contributed by atoms with E-state index in [4.69, 9.17) is 14.6 Å². The zero-order valence-electron chi connectivity index (χ0n) is 11.2. The highest BCUT2D eigenvalue weighted by Crippen LogP contribution is 2.15. The molecule has 0 saturated carbocycles. The molecule has 0 fully saturated rings. The van der Waals surface area contributed by atoms with Gasteiger partial charge in [-0.1, -0.05) is 43.6 Å². The number of halogens is 1. The van der Waals surface area contributed by atoms with Crippen molar-refractivity contribution < 1.29 is 14.6 Å². The second kappa shape index (κ2) is 20.4. The van der Waals surface area contributed by atoms with E-state index in [2.05, 4.69) is 15.9 Å². The number of carbonyl (C=O) groups is 1. The molecule has 1 aromatic rings. The lowest BCUT2D eigenvalue weighted by Gasteiger charge is -2.00. The van der Waals surface area contributed by atoms with Crippen molar-refractivity contribution in [1.82, 2.24) is 0 Å². The first kappa shape index (κ1) is 21.3. The molecule has 0 bridgehead atoms. The van der Waals surface area contributed by atoms with Crippen molar-refractivity contribution in [3.8, 4) is 5.75 Å². The third kappa shape index (κ3) is 17.6. The molecule has 100 valence electrons. The average molecular weight is 307 g/mol. The van der Waals surface area contributed by atoms with Gasteiger partial charge in [-0.25, -0.2) is 0 Å². The maximum absolute atomic E-state index is 8.36. The highest BCUT2D eigenvalue weighted by molar-refractivity contribution is 9.10. The summed E-state index contributed by atoms with van der Waals surface area (Å²) in [5.74, 6) is 0.922. The van der Waals surface area contributed by atoms with Crippen molar-refractivity contribution in [2.75, 3.05) is 6.61 Å². The van der Waals surface area contributed by atoms with Gasteiger partial charge in [-0.05, 0) is 31.2 Å². The topological polar surface area (TPSA) is 46.5 Å². The maximum atomic E-state index is 8.36. The van der Waals surface area contributed by atoms with Gasteiger partial charge < -0.3 is 9.84 Å². The third-order valence-corrected chi connectivity index (χ3v) is 1.65. The van der Waals surface area contributed by atoms with E-state index >= 15 is 0 Å². The molecule has 0 aliphatic carbocycles. The van der Waals surface area contributed by atoms with Gasteiger partial charge in [0, 0.05) is 4.47 Å². The van der Waals surface area contributed by atoms with E-state index in [1.54, 1.807) is 0 Å². The fourth-order valence-electron chi connectivity index (χ4n) is 0.697. The zero-order chi connectivity index (χ0) is 14.1. The molecule has 0 spiro atoms. The quantitative estimate of drug-likeness (QED) is 0.812. The van der Waals surface area contributed by atoms with E-state index in [9.17, 15) is 0 Å². The Balaban J connectivity index is -0.000000239. The molecule has 0 atom stereocenters. The molecule has 1 rings (SSSR count). The summed E-state index contributed by atoms with van der Waals surface area (Å²) in [7, 11) is 0. The van der Waals surface area contributed by atoms with Gasteiger partial charge in [0.2, 0.25) is 0 Å². The largest absolute Gasteiger partial charge is 0.494 e. The smallest absolute Gasteiger partial charge is 0.290 e. The summed E-state index contributed by atoms with van der Waals surface area (Å²) in [6.07, 6.45) is 0. The molecular formula is C13H23BrO3. The van der Waals surface area contributed by atoms with Crippen molar-refractivity contribution >= 4 is 22.4 Å². The fourth-order valence-corrected chi connectivity index (χ4v) is 0.962. The van der Waals surface area contributed by atoms with Crippen LogP contribution in [0, 0.1) is 0 Å². The summed E-state index contributed by atoms with van der Waals surface area (Å²) in [6.45, 7) is 10.4. The summed E-state index contributed by atoms with van der Waals surface area (Å²) in [4.78, 5) is 8.36. The van der Waals surface area contributed by atoms with Crippen LogP contribution in [0.2, 0.25) is 0 Å². The molecule has 4 heteroatoms. The lowest BCUT2D eigenvalue weighted by atomic mass is 10.3. The summed E-state index contributed by atoms with van der Waals surface area (Å²) < 4.78 is 6.32. The van der Waals surface area contributed by atoms with E-state index in [1.807, 2.05) is 58.9 Å². The molecule has 3 nitrogen and oxygen atoms in total. The highest BCUT2D eigenvalue weighted by atomic mass is 79.9. The van der Waals surface area contributed by atoms with Gasteiger partial charge >= 0.3 is 0 Å². The minimum absolute atomic E-state index is 0.250. The minimum Gasteiger partial charge on any atom is -0.494 e. The normalized spacial score (nSPS) is 6.94. The summed E-state index contributed by atoms with van der Waals surface area (Å²) in [5.41, 5.74) is 0. The van der Waals surface area contributed by atoms with E-state index in [1.165, 1.54) is 0 Å². The van der Waals surface area contributed by atoms with Gasteiger partial charge in [0.05, 0.1) is 6.61 Å². The minimum atomic E-state index is -0.250. The molecule has 0 aliphatic rings. The number of carboxylic acid groups (broad SMARTS) is 1.